The number of rotatable bonds is 17. The predicted octanol–water partition coefficient (Wildman–Crippen LogP) is 10.7. The van der Waals surface area contributed by atoms with E-state index in [2.05, 4.69) is 114 Å². The molecule has 1 aliphatic rings. The Morgan fingerprint density at radius 2 is 1.12 bits per heavy atom. The fourth-order valence-corrected chi connectivity index (χ4v) is 21.7. The van der Waals surface area contributed by atoms with Crippen molar-refractivity contribution in [2.24, 2.45) is 5.92 Å². The van der Waals surface area contributed by atoms with Crippen LogP contribution in [-0.4, -0.2) is 60.3 Å². The van der Waals surface area contributed by atoms with E-state index < -0.39 is 33.0 Å². The van der Waals surface area contributed by atoms with Gasteiger partial charge in [0.2, 0.25) is 8.32 Å². The summed E-state index contributed by atoms with van der Waals surface area (Å²) in [4.78, 5) is 0. The Morgan fingerprint density at radius 3 is 1.49 bits per heavy atom. The molecule has 1 aliphatic carbocycles. The molecule has 0 heterocycles. The van der Waals surface area contributed by atoms with E-state index in [1.165, 1.54) is 6.42 Å². The van der Waals surface area contributed by atoms with Gasteiger partial charge in [-0.2, -0.15) is 0 Å². The van der Waals surface area contributed by atoms with Gasteiger partial charge in [-0.05, 0) is 123 Å². The van der Waals surface area contributed by atoms with Gasteiger partial charge in [0, 0.05) is 10.3 Å². The van der Waals surface area contributed by atoms with Crippen molar-refractivity contribution < 1.29 is 18.4 Å². The largest absolute Gasteiger partial charge is 0.414 e. The minimum absolute atomic E-state index is 0.0566. The second-order valence-electron chi connectivity index (χ2n) is 17.1. The highest BCUT2D eigenvalue weighted by Crippen LogP contribution is 2.57. The maximum Gasteiger partial charge on any atom is 0.220 e. The van der Waals surface area contributed by atoms with E-state index in [0.29, 0.717) is 5.92 Å². The Hall–Kier alpha value is 0.708. The summed E-state index contributed by atoms with van der Waals surface area (Å²) in [5.41, 5.74) is -0.311. The SMILES string of the molecule is CCC(C)(O[Si](C)(CCC1CCC(O)CC1)C(C)(CC)O[Si](C)(C)C)[C@](C)(CC)[Si](C)(C)O[C@](C)(CC)[Si](C)(C)C. The molecule has 0 spiro atoms. The lowest BCUT2D eigenvalue weighted by molar-refractivity contribution is -0.0142. The summed E-state index contributed by atoms with van der Waals surface area (Å²) in [6.45, 7) is 40.9. The van der Waals surface area contributed by atoms with Gasteiger partial charge < -0.3 is 18.4 Å². The van der Waals surface area contributed by atoms with Crippen LogP contribution in [0.25, 0.3) is 0 Å². The first-order valence-corrected chi connectivity index (χ1v) is 29.6. The third kappa shape index (κ3) is 8.92. The first kappa shape index (κ1) is 39.7. The Labute approximate surface area is 261 Å². The van der Waals surface area contributed by atoms with E-state index in [1.807, 2.05) is 0 Å². The fourth-order valence-electron chi connectivity index (χ4n) is 7.51. The van der Waals surface area contributed by atoms with Gasteiger partial charge >= 0.3 is 0 Å². The minimum atomic E-state index is -2.45. The molecular formula is C33H74O4Si4. The van der Waals surface area contributed by atoms with Crippen LogP contribution in [0.1, 0.15) is 113 Å². The van der Waals surface area contributed by atoms with Crippen LogP contribution in [0.3, 0.4) is 0 Å². The van der Waals surface area contributed by atoms with Crippen LogP contribution in [0.2, 0.25) is 70.0 Å². The Morgan fingerprint density at radius 1 is 0.634 bits per heavy atom. The highest BCUT2D eigenvalue weighted by atomic mass is 28.4. The van der Waals surface area contributed by atoms with E-state index in [1.54, 1.807) is 0 Å². The molecular weight excluding hydrogens is 573 g/mol. The lowest BCUT2D eigenvalue weighted by Crippen LogP contribution is -2.69. The molecule has 1 rings (SSSR count). The standard InChI is InChI=1S/C33H74O4Si4/c1-18-30(5,31(6,19-2)40(15,16)37-32(7,20-3)38(9,10)11)35-41(17,33(8,21-4)36-39(12,13)14)27-26-28-22-24-29(34)25-23-28/h28-29,34H,18-27H2,1-17H3/t28?,29?,30?,31-,32-,33?,41?/m0/s1. The highest BCUT2D eigenvalue weighted by Gasteiger charge is 2.62. The van der Waals surface area contributed by atoms with Crippen LogP contribution in [0.4, 0.5) is 0 Å². The first-order valence-electron chi connectivity index (χ1n) is 17.1. The van der Waals surface area contributed by atoms with Crippen molar-refractivity contribution >= 4 is 33.0 Å². The zero-order valence-corrected chi connectivity index (χ0v) is 34.9. The van der Waals surface area contributed by atoms with Gasteiger partial charge in [0.25, 0.3) is 0 Å². The normalized spacial score (nSPS) is 26.8. The zero-order valence-electron chi connectivity index (χ0n) is 30.9. The molecule has 1 saturated carbocycles. The Balaban J connectivity index is 3.65. The lowest BCUT2D eigenvalue weighted by atomic mass is 9.85. The van der Waals surface area contributed by atoms with Gasteiger partial charge in [0.1, 0.15) is 0 Å². The van der Waals surface area contributed by atoms with Crippen LogP contribution < -0.4 is 0 Å². The van der Waals surface area contributed by atoms with E-state index >= 15 is 0 Å². The van der Waals surface area contributed by atoms with Crippen LogP contribution in [-0.2, 0) is 13.3 Å². The van der Waals surface area contributed by atoms with Crippen LogP contribution in [0, 0.1) is 5.92 Å². The van der Waals surface area contributed by atoms with E-state index in [-0.39, 0.29) is 27.2 Å². The summed E-state index contributed by atoms with van der Waals surface area (Å²) >= 11 is 0. The molecule has 5 atom stereocenters. The van der Waals surface area contributed by atoms with Crippen LogP contribution in [0.5, 0.6) is 0 Å². The highest BCUT2D eigenvalue weighted by molar-refractivity contribution is 6.82. The molecule has 246 valence electrons. The predicted molar refractivity (Wildman–Crippen MR) is 191 cm³/mol. The number of aliphatic hydroxyl groups is 1. The van der Waals surface area contributed by atoms with Crippen molar-refractivity contribution in [3.05, 3.63) is 0 Å². The summed E-state index contributed by atoms with van der Waals surface area (Å²) in [5.74, 6) is 0.684. The van der Waals surface area contributed by atoms with Crippen LogP contribution in [0.15, 0.2) is 0 Å². The molecule has 1 N–H and O–H groups in total. The quantitative estimate of drug-likeness (QED) is 0.160. The van der Waals surface area contributed by atoms with E-state index in [4.69, 9.17) is 13.3 Å². The summed E-state index contributed by atoms with van der Waals surface area (Å²) in [5, 5.41) is 9.76. The molecule has 0 aromatic heterocycles. The van der Waals surface area contributed by atoms with Gasteiger partial charge in [0.15, 0.2) is 16.6 Å². The maximum atomic E-state index is 10.1. The Kier molecular flexibility index (Phi) is 13.6. The average Bonchev–Trinajstić information content (AvgIpc) is 2.85. The van der Waals surface area contributed by atoms with Crippen molar-refractivity contribution in [3.8, 4) is 0 Å². The fraction of sp³-hybridized carbons (Fsp3) is 1.00. The summed E-state index contributed by atoms with van der Waals surface area (Å²) < 4.78 is 22.6. The molecule has 3 unspecified atom stereocenters. The molecule has 0 aromatic rings. The summed E-state index contributed by atoms with van der Waals surface area (Å²) in [6, 6.07) is 1.11. The van der Waals surface area contributed by atoms with Crippen molar-refractivity contribution in [2.75, 3.05) is 0 Å². The van der Waals surface area contributed by atoms with Crippen molar-refractivity contribution in [1.82, 2.24) is 0 Å². The lowest BCUT2D eigenvalue weighted by Gasteiger charge is -2.60. The molecule has 0 bridgehead atoms. The second kappa shape index (κ2) is 14.0. The molecule has 4 nitrogen and oxygen atoms in total. The number of hydrogen-bond donors (Lipinski definition) is 1. The van der Waals surface area contributed by atoms with Gasteiger partial charge in [-0.15, -0.1) is 0 Å². The zero-order chi connectivity index (χ0) is 32.3. The molecule has 0 amide bonds. The van der Waals surface area contributed by atoms with Crippen molar-refractivity contribution in [3.63, 3.8) is 0 Å². The molecule has 41 heavy (non-hydrogen) atoms. The molecule has 1 fully saturated rings. The maximum absolute atomic E-state index is 10.1. The summed E-state index contributed by atoms with van der Waals surface area (Å²) in [7, 11) is -8.15. The summed E-state index contributed by atoms with van der Waals surface area (Å²) in [6.07, 6.45) is 9.31. The molecule has 0 radical (unpaired) electrons. The molecule has 0 saturated heterocycles. The minimum Gasteiger partial charge on any atom is -0.414 e. The van der Waals surface area contributed by atoms with Gasteiger partial charge in [-0.3, -0.25) is 0 Å². The smallest absolute Gasteiger partial charge is 0.220 e. The topological polar surface area (TPSA) is 47.9 Å². The third-order valence-corrected chi connectivity index (χ3v) is 26.7. The van der Waals surface area contributed by atoms with Gasteiger partial charge in [0.05, 0.1) is 25.0 Å². The second-order valence-corrected chi connectivity index (χ2v) is 35.6. The third-order valence-electron chi connectivity index (χ3n) is 12.2. The first-order chi connectivity index (χ1) is 18.3. The van der Waals surface area contributed by atoms with E-state index in [0.717, 1.165) is 57.4 Å². The number of aliphatic hydroxyl groups excluding tert-OH is 1. The Bertz CT molecular complexity index is 819. The van der Waals surface area contributed by atoms with Crippen LogP contribution >= 0.6 is 0 Å². The van der Waals surface area contributed by atoms with Gasteiger partial charge in [-0.25, -0.2) is 0 Å². The average molecular weight is 647 g/mol. The monoisotopic (exact) mass is 646 g/mol. The van der Waals surface area contributed by atoms with E-state index in [9.17, 15) is 5.11 Å². The van der Waals surface area contributed by atoms with Crippen molar-refractivity contribution in [1.29, 1.82) is 0 Å². The van der Waals surface area contributed by atoms with Crippen molar-refractivity contribution in [2.45, 2.75) is 205 Å². The molecule has 0 aliphatic heterocycles. The van der Waals surface area contributed by atoms with Gasteiger partial charge in [-0.1, -0.05) is 60.7 Å². The molecule has 8 heteroatoms. The molecule has 0 aromatic carbocycles. The number of hydrogen-bond acceptors (Lipinski definition) is 4.